The molecule has 6 nitrogen and oxygen atoms in total. The van der Waals surface area contributed by atoms with Crippen molar-refractivity contribution in [3.63, 3.8) is 0 Å². The predicted molar refractivity (Wildman–Crippen MR) is 104 cm³/mol. The first-order valence-electron chi connectivity index (χ1n) is 9.03. The van der Waals surface area contributed by atoms with E-state index in [1.165, 1.54) is 0 Å². The average molecular weight is 379 g/mol. The summed E-state index contributed by atoms with van der Waals surface area (Å²) in [6.07, 6.45) is 1.56. The maximum absolute atomic E-state index is 12.5. The molecule has 0 N–H and O–H groups in total. The van der Waals surface area contributed by atoms with Crippen LogP contribution in [0.1, 0.15) is 29.8 Å². The summed E-state index contributed by atoms with van der Waals surface area (Å²) in [6, 6.07) is 12.9. The number of para-hydroxylation sites is 1. The number of fused-ring (bicyclic) bond motifs is 2. The fourth-order valence-electron chi connectivity index (χ4n) is 3.70. The van der Waals surface area contributed by atoms with Crippen LogP contribution in [0, 0.1) is 0 Å². The Hall–Kier alpha value is -3.28. The zero-order valence-electron chi connectivity index (χ0n) is 16.0. The lowest BCUT2D eigenvalue weighted by Crippen LogP contribution is -2.25. The highest BCUT2D eigenvalue weighted by Crippen LogP contribution is 2.46. The maximum atomic E-state index is 12.5. The number of allylic oxidation sites excluding steroid dienone is 1. The van der Waals surface area contributed by atoms with E-state index in [0.717, 1.165) is 16.9 Å². The van der Waals surface area contributed by atoms with Gasteiger partial charge in [-0.15, -0.1) is 0 Å². The summed E-state index contributed by atoms with van der Waals surface area (Å²) in [4.78, 5) is 26.7. The summed E-state index contributed by atoms with van der Waals surface area (Å²) in [5.41, 5.74) is 3.12. The second-order valence-electron chi connectivity index (χ2n) is 7.34. The standard InChI is InChI=1S/C22H21NO5/c1-22(2)16-6-4-5-7-17(16)23(3)20(22)11-15(24)12-26-21(25)14-8-9-18-19(10-14)28-13-27-18/h4-11H,12-13H2,1-3H3/b20-11-. The minimum absolute atomic E-state index is 0.131. The minimum Gasteiger partial charge on any atom is -0.454 e. The quantitative estimate of drug-likeness (QED) is 0.599. The molecule has 0 aliphatic carbocycles. The highest BCUT2D eigenvalue weighted by molar-refractivity contribution is 5.96. The van der Waals surface area contributed by atoms with Crippen LogP contribution < -0.4 is 14.4 Å². The Kier molecular flexibility index (Phi) is 4.34. The van der Waals surface area contributed by atoms with Gasteiger partial charge in [0, 0.05) is 29.9 Å². The van der Waals surface area contributed by atoms with E-state index in [9.17, 15) is 9.59 Å². The molecule has 2 aliphatic rings. The Morgan fingerprint density at radius 3 is 2.68 bits per heavy atom. The molecule has 0 unspecified atom stereocenters. The van der Waals surface area contributed by atoms with Crippen LogP contribution in [0.5, 0.6) is 11.5 Å². The smallest absolute Gasteiger partial charge is 0.338 e. The molecule has 0 amide bonds. The monoisotopic (exact) mass is 379 g/mol. The number of rotatable bonds is 4. The second-order valence-corrected chi connectivity index (χ2v) is 7.34. The molecule has 28 heavy (non-hydrogen) atoms. The van der Waals surface area contributed by atoms with Crippen LogP contribution in [-0.2, 0) is 14.9 Å². The Labute approximate surface area is 163 Å². The van der Waals surface area contributed by atoms with E-state index >= 15 is 0 Å². The molecule has 0 saturated heterocycles. The number of ether oxygens (including phenoxy) is 3. The van der Waals surface area contributed by atoms with Crippen LogP contribution >= 0.6 is 0 Å². The van der Waals surface area contributed by atoms with Gasteiger partial charge in [-0.2, -0.15) is 0 Å². The summed E-state index contributed by atoms with van der Waals surface area (Å²) < 4.78 is 15.7. The van der Waals surface area contributed by atoms with Crippen molar-refractivity contribution in [1.82, 2.24) is 0 Å². The van der Waals surface area contributed by atoms with Crippen LogP contribution in [0.15, 0.2) is 54.2 Å². The summed E-state index contributed by atoms with van der Waals surface area (Å²) >= 11 is 0. The number of likely N-dealkylation sites (N-methyl/N-ethyl adjacent to an activating group) is 1. The van der Waals surface area contributed by atoms with Gasteiger partial charge in [0.25, 0.3) is 0 Å². The van der Waals surface area contributed by atoms with E-state index in [1.54, 1.807) is 24.3 Å². The van der Waals surface area contributed by atoms with Crippen LogP contribution in [-0.4, -0.2) is 32.2 Å². The average Bonchev–Trinajstić information content (AvgIpc) is 3.23. The molecule has 0 bridgehead atoms. The zero-order valence-corrected chi connectivity index (χ0v) is 16.0. The van der Waals surface area contributed by atoms with E-state index in [2.05, 4.69) is 19.9 Å². The largest absolute Gasteiger partial charge is 0.454 e. The molecule has 2 heterocycles. The highest BCUT2D eigenvalue weighted by Gasteiger charge is 2.38. The van der Waals surface area contributed by atoms with E-state index in [0.29, 0.717) is 17.1 Å². The molecule has 4 rings (SSSR count). The van der Waals surface area contributed by atoms with Crippen molar-refractivity contribution >= 4 is 17.4 Å². The van der Waals surface area contributed by atoms with Gasteiger partial charge in [-0.1, -0.05) is 32.0 Å². The molecular weight excluding hydrogens is 358 g/mol. The number of ketones is 1. The molecule has 144 valence electrons. The van der Waals surface area contributed by atoms with Crippen molar-refractivity contribution in [3.8, 4) is 11.5 Å². The summed E-state index contributed by atoms with van der Waals surface area (Å²) in [5.74, 6) is 0.239. The number of benzene rings is 2. The lowest BCUT2D eigenvalue weighted by atomic mass is 9.83. The third-order valence-corrected chi connectivity index (χ3v) is 5.19. The molecule has 0 spiro atoms. The number of esters is 1. The van der Waals surface area contributed by atoms with Gasteiger partial charge in [0.05, 0.1) is 5.56 Å². The molecule has 0 saturated carbocycles. The first-order chi connectivity index (χ1) is 13.4. The van der Waals surface area contributed by atoms with Crippen molar-refractivity contribution in [3.05, 3.63) is 65.4 Å². The van der Waals surface area contributed by atoms with Crippen molar-refractivity contribution in [2.24, 2.45) is 0 Å². The molecule has 2 aromatic rings. The molecule has 0 radical (unpaired) electrons. The lowest BCUT2D eigenvalue weighted by Gasteiger charge is -2.23. The molecular formula is C22H21NO5. The third kappa shape index (κ3) is 3.01. The van der Waals surface area contributed by atoms with Crippen LogP contribution in [0.3, 0.4) is 0 Å². The Morgan fingerprint density at radius 1 is 1.14 bits per heavy atom. The number of hydrogen-bond donors (Lipinski definition) is 0. The van der Waals surface area contributed by atoms with E-state index in [-0.39, 0.29) is 24.6 Å². The molecule has 0 aromatic heterocycles. The molecule has 0 fully saturated rings. The fourth-order valence-corrected chi connectivity index (χ4v) is 3.70. The van der Waals surface area contributed by atoms with Gasteiger partial charge in [-0.25, -0.2) is 4.79 Å². The Morgan fingerprint density at radius 2 is 1.89 bits per heavy atom. The number of anilines is 1. The third-order valence-electron chi connectivity index (χ3n) is 5.19. The first-order valence-corrected chi connectivity index (χ1v) is 9.03. The van der Waals surface area contributed by atoms with Crippen LogP contribution in [0.4, 0.5) is 5.69 Å². The normalized spacial score (nSPS) is 17.5. The van der Waals surface area contributed by atoms with Crippen LogP contribution in [0.2, 0.25) is 0 Å². The summed E-state index contributed by atoms with van der Waals surface area (Å²) in [6.45, 7) is 3.96. The van der Waals surface area contributed by atoms with Gasteiger partial charge in [0.15, 0.2) is 23.9 Å². The number of carbonyl (C=O) groups excluding carboxylic acids is 2. The van der Waals surface area contributed by atoms with E-state index in [1.807, 2.05) is 30.1 Å². The van der Waals surface area contributed by atoms with Gasteiger partial charge in [0.1, 0.15) is 0 Å². The number of carbonyl (C=O) groups is 2. The predicted octanol–water partition coefficient (Wildman–Crippen LogP) is 3.45. The molecule has 2 aromatic carbocycles. The fraction of sp³-hybridized carbons (Fsp3) is 0.273. The summed E-state index contributed by atoms with van der Waals surface area (Å²) in [5, 5.41) is 0. The highest BCUT2D eigenvalue weighted by atomic mass is 16.7. The maximum Gasteiger partial charge on any atom is 0.338 e. The molecule has 2 aliphatic heterocycles. The van der Waals surface area contributed by atoms with Crippen molar-refractivity contribution < 1.29 is 23.8 Å². The van der Waals surface area contributed by atoms with Gasteiger partial charge in [-0.05, 0) is 29.8 Å². The minimum atomic E-state index is -0.577. The second kappa shape index (κ2) is 6.71. The number of nitrogens with zero attached hydrogens (tertiary/aromatic N) is 1. The Bertz CT molecular complexity index is 992. The summed E-state index contributed by atoms with van der Waals surface area (Å²) in [7, 11) is 1.94. The zero-order chi connectivity index (χ0) is 19.9. The van der Waals surface area contributed by atoms with Gasteiger partial charge in [0.2, 0.25) is 6.79 Å². The van der Waals surface area contributed by atoms with Crippen molar-refractivity contribution in [1.29, 1.82) is 0 Å². The van der Waals surface area contributed by atoms with Crippen LogP contribution in [0.25, 0.3) is 0 Å². The van der Waals surface area contributed by atoms with E-state index in [4.69, 9.17) is 14.2 Å². The van der Waals surface area contributed by atoms with Gasteiger partial charge >= 0.3 is 5.97 Å². The Balaban J connectivity index is 1.45. The first kappa shape index (κ1) is 18.1. The number of hydrogen-bond acceptors (Lipinski definition) is 6. The molecule has 0 atom stereocenters. The lowest BCUT2D eigenvalue weighted by molar-refractivity contribution is -0.117. The van der Waals surface area contributed by atoms with Gasteiger partial charge < -0.3 is 19.1 Å². The van der Waals surface area contributed by atoms with Gasteiger partial charge in [-0.3, -0.25) is 4.79 Å². The SMILES string of the molecule is CN1/C(=C\C(=O)COC(=O)c2ccc3c(c2)OCO3)C(C)(C)c2ccccc21. The molecule has 6 heteroatoms. The van der Waals surface area contributed by atoms with Crippen molar-refractivity contribution in [2.75, 3.05) is 25.3 Å². The van der Waals surface area contributed by atoms with E-state index < -0.39 is 5.97 Å². The van der Waals surface area contributed by atoms with Crippen molar-refractivity contribution in [2.45, 2.75) is 19.3 Å². The topological polar surface area (TPSA) is 65.1 Å².